The Morgan fingerprint density at radius 1 is 1.00 bits per heavy atom. The van der Waals surface area contributed by atoms with Gasteiger partial charge in [-0.25, -0.2) is 26.9 Å². The fourth-order valence-corrected chi connectivity index (χ4v) is 10.2. The average Bonchev–Trinajstić information content (AvgIpc) is 3.28. The van der Waals surface area contributed by atoms with Crippen LogP contribution in [0.3, 0.4) is 0 Å². The van der Waals surface area contributed by atoms with Crippen LogP contribution in [0.1, 0.15) is 61.9 Å². The van der Waals surface area contributed by atoms with E-state index in [2.05, 4.69) is 46.1 Å². The van der Waals surface area contributed by atoms with Crippen molar-refractivity contribution in [1.29, 1.82) is 0 Å². The van der Waals surface area contributed by atoms with Crippen molar-refractivity contribution in [2.24, 2.45) is 16.7 Å². The number of piperazine rings is 1. The van der Waals surface area contributed by atoms with E-state index in [9.17, 15) is 36.5 Å². The third-order valence-corrected chi connectivity index (χ3v) is 14.7. The van der Waals surface area contributed by atoms with E-state index in [0.717, 1.165) is 51.0 Å². The number of alkyl halides is 3. The number of pyridine rings is 1. The molecule has 7 rings (SSSR count). The van der Waals surface area contributed by atoms with E-state index in [1.54, 1.807) is 12.1 Å². The first kappa shape index (κ1) is 48.8. The highest BCUT2D eigenvalue weighted by Gasteiger charge is 2.46. The lowest BCUT2D eigenvalue weighted by Gasteiger charge is -2.42. The molecule has 3 aromatic carbocycles. The van der Waals surface area contributed by atoms with Gasteiger partial charge >= 0.3 is 5.69 Å². The molecule has 1 aromatic heterocycles. The van der Waals surface area contributed by atoms with Gasteiger partial charge in [0.05, 0.1) is 45.8 Å². The van der Waals surface area contributed by atoms with Gasteiger partial charge in [-0.3, -0.25) is 24.2 Å². The molecule has 20 heteroatoms. The molecule has 0 radical (unpaired) electrons. The van der Waals surface area contributed by atoms with Gasteiger partial charge in [0.1, 0.15) is 17.3 Å². The smallest absolute Gasteiger partial charge is 0.312 e. The number of carbonyl (C=O) groups excluding carboxylic acids is 1. The quantitative estimate of drug-likeness (QED) is 0.0717. The zero-order chi connectivity index (χ0) is 47.4. The molecule has 4 aromatic rings. The van der Waals surface area contributed by atoms with Crippen LogP contribution in [-0.4, -0.2) is 94.7 Å². The SMILES string of the molecule is CC1(C)CCC(CN2CCN(c3ccc(C(=O)NS(=O)(=O)c4ccc(OCC5(C(CF)C(F)F)CCNCC5)c([N+](=O)[O-])c4)c(Oc4cnc(N)c(Cl)c4)c3)CC2)=C(c2ccc(Cl)cc2)C1. The molecule has 14 nitrogen and oxygen atoms in total. The van der Waals surface area contributed by atoms with Crippen molar-refractivity contribution in [3.63, 3.8) is 0 Å². The van der Waals surface area contributed by atoms with Crippen molar-refractivity contribution in [2.75, 3.05) is 69.7 Å². The highest BCUT2D eigenvalue weighted by atomic mass is 35.5. The molecule has 0 bridgehead atoms. The van der Waals surface area contributed by atoms with Crippen molar-refractivity contribution in [3.05, 3.63) is 110 Å². The Bertz CT molecular complexity index is 2570. The summed E-state index contributed by atoms with van der Waals surface area (Å²) in [6.45, 7) is 7.05. The number of nitrogens with one attached hydrogen (secondary N) is 2. The molecule has 1 aliphatic carbocycles. The van der Waals surface area contributed by atoms with E-state index >= 15 is 0 Å². The minimum atomic E-state index is -4.79. The number of sulfonamides is 1. The predicted octanol–water partition coefficient (Wildman–Crippen LogP) is 9.18. The molecule has 4 N–H and O–H groups in total. The summed E-state index contributed by atoms with van der Waals surface area (Å²) >= 11 is 12.5. The number of nitrogens with two attached hydrogens (primary N) is 1. The largest absolute Gasteiger partial charge is 0.486 e. The molecule has 66 heavy (non-hydrogen) atoms. The van der Waals surface area contributed by atoms with E-state index < -0.39 is 68.2 Å². The Morgan fingerprint density at radius 2 is 1.71 bits per heavy atom. The van der Waals surface area contributed by atoms with Crippen LogP contribution < -0.4 is 30.1 Å². The van der Waals surface area contributed by atoms with E-state index in [1.165, 1.54) is 35.0 Å². The Balaban J connectivity index is 1.09. The second kappa shape index (κ2) is 20.4. The van der Waals surface area contributed by atoms with Crippen LogP contribution in [0, 0.1) is 26.9 Å². The van der Waals surface area contributed by atoms with Gasteiger partial charge in [-0.1, -0.05) is 54.8 Å². The fraction of sp³-hybridized carbons (Fsp3) is 0.435. The highest BCUT2D eigenvalue weighted by molar-refractivity contribution is 7.90. The third-order valence-electron chi connectivity index (χ3n) is 12.8. The molecule has 0 spiro atoms. The molecular formula is C46H52Cl2F3N7O7S. The number of nitro groups is 1. The van der Waals surface area contributed by atoms with Gasteiger partial charge in [-0.2, -0.15) is 0 Å². The minimum Gasteiger partial charge on any atom is -0.486 e. The standard InChI is InChI=1S/C46H52Cl2F3N7O7S/c1-45(2)12-11-30(36(24-45)29-3-5-31(47)6-4-29)27-56-17-19-57(20-18-56)32-7-9-35(41(21-32)65-33-22-38(48)43(52)54-26-33)44(59)55-66(62,63)34-8-10-40(39(23-34)58(60)61)64-28-46(13-15-53-16-14-46)37(25-49)42(50)51/h3-10,21-23,26,37,42,53H,11-20,24-25,27-28H2,1-2H3,(H2,52,54)(H,55,59). The molecule has 3 heterocycles. The predicted molar refractivity (Wildman–Crippen MR) is 248 cm³/mol. The monoisotopic (exact) mass is 973 g/mol. The maximum atomic E-state index is 13.9. The number of ether oxygens (including phenoxy) is 2. The lowest BCUT2D eigenvalue weighted by atomic mass is 9.70. The molecule has 3 aliphatic rings. The number of benzene rings is 3. The summed E-state index contributed by atoms with van der Waals surface area (Å²) in [6, 6.07) is 16.8. The van der Waals surface area contributed by atoms with Crippen LogP contribution in [0.5, 0.6) is 17.2 Å². The molecular weight excluding hydrogens is 923 g/mol. The van der Waals surface area contributed by atoms with Gasteiger partial charge in [0.25, 0.3) is 15.9 Å². The Hall–Kier alpha value is -5.14. The van der Waals surface area contributed by atoms with Gasteiger partial charge in [-0.05, 0) is 98.1 Å². The number of aromatic nitrogens is 1. The first-order valence-electron chi connectivity index (χ1n) is 21.6. The van der Waals surface area contributed by atoms with Crippen molar-refractivity contribution in [3.8, 4) is 17.2 Å². The number of halogens is 5. The van der Waals surface area contributed by atoms with Crippen LogP contribution in [-0.2, 0) is 10.0 Å². The molecule has 1 amide bonds. The van der Waals surface area contributed by atoms with Crippen LogP contribution in [0.15, 0.2) is 83.4 Å². The van der Waals surface area contributed by atoms with Crippen LogP contribution in [0.2, 0.25) is 10.0 Å². The van der Waals surface area contributed by atoms with Gasteiger partial charge in [0, 0.05) is 67.0 Å². The zero-order valence-electron chi connectivity index (χ0n) is 36.5. The molecule has 354 valence electrons. The maximum absolute atomic E-state index is 13.9. The van der Waals surface area contributed by atoms with E-state index in [0.29, 0.717) is 43.0 Å². The summed E-state index contributed by atoms with van der Waals surface area (Å²) in [5.74, 6) is -3.08. The van der Waals surface area contributed by atoms with Gasteiger partial charge in [0.15, 0.2) is 5.75 Å². The van der Waals surface area contributed by atoms with Crippen LogP contribution in [0.25, 0.3) is 5.57 Å². The number of rotatable bonds is 16. The number of anilines is 2. The fourth-order valence-electron chi connectivity index (χ4n) is 8.92. The summed E-state index contributed by atoms with van der Waals surface area (Å²) in [7, 11) is -4.79. The zero-order valence-corrected chi connectivity index (χ0v) is 38.8. The number of carbonyl (C=O) groups is 1. The summed E-state index contributed by atoms with van der Waals surface area (Å²) in [5.41, 5.74) is 8.34. The molecule has 2 saturated heterocycles. The summed E-state index contributed by atoms with van der Waals surface area (Å²) in [6.07, 6.45) is 1.63. The Kier molecular flexibility index (Phi) is 15.1. The van der Waals surface area contributed by atoms with Crippen molar-refractivity contribution >= 4 is 61.9 Å². The number of nitrogens with zero attached hydrogens (tertiary/aromatic N) is 4. The van der Waals surface area contributed by atoms with Crippen molar-refractivity contribution in [1.82, 2.24) is 19.9 Å². The lowest BCUT2D eigenvalue weighted by molar-refractivity contribution is -0.386. The van der Waals surface area contributed by atoms with E-state index in [4.69, 9.17) is 38.4 Å². The summed E-state index contributed by atoms with van der Waals surface area (Å²) in [5, 5.41) is 16.0. The second-order valence-corrected chi connectivity index (χ2v) is 20.4. The second-order valence-electron chi connectivity index (χ2n) is 17.8. The highest BCUT2D eigenvalue weighted by Crippen LogP contribution is 2.45. The van der Waals surface area contributed by atoms with Gasteiger partial charge in [-0.15, -0.1) is 0 Å². The Labute approximate surface area is 391 Å². The first-order valence-corrected chi connectivity index (χ1v) is 23.8. The maximum Gasteiger partial charge on any atom is 0.312 e. The number of amides is 1. The number of piperidine rings is 1. The van der Waals surface area contributed by atoms with E-state index in [-0.39, 0.29) is 46.2 Å². The molecule has 1 unspecified atom stereocenters. The lowest BCUT2D eigenvalue weighted by Crippen LogP contribution is -2.48. The normalized spacial score (nSPS) is 18.2. The minimum absolute atomic E-state index is 0.0372. The van der Waals surface area contributed by atoms with E-state index in [1.807, 2.05) is 16.9 Å². The van der Waals surface area contributed by atoms with Crippen molar-refractivity contribution < 1.29 is 40.8 Å². The molecule has 0 saturated carbocycles. The van der Waals surface area contributed by atoms with Gasteiger partial charge < -0.3 is 25.4 Å². The number of hydrogen-bond acceptors (Lipinski definition) is 12. The Morgan fingerprint density at radius 3 is 2.36 bits per heavy atom. The number of nitro benzene ring substituents is 1. The van der Waals surface area contributed by atoms with Crippen LogP contribution in [0.4, 0.5) is 30.4 Å². The average molecular weight is 975 g/mol. The third kappa shape index (κ3) is 11.3. The van der Waals surface area contributed by atoms with Gasteiger partial charge in [0.2, 0.25) is 6.43 Å². The topological polar surface area (TPSA) is 182 Å². The first-order chi connectivity index (χ1) is 31.4. The number of allylic oxidation sites excluding steroid dienone is 1. The summed E-state index contributed by atoms with van der Waals surface area (Å²) < 4.78 is 83.0. The molecule has 1 atom stereocenters. The molecule has 2 aliphatic heterocycles. The number of nitrogen functional groups attached to an aromatic ring is 1. The van der Waals surface area contributed by atoms with Crippen molar-refractivity contribution in [2.45, 2.75) is 57.3 Å². The van der Waals surface area contributed by atoms with Crippen LogP contribution >= 0.6 is 23.2 Å². The number of hydrogen-bond donors (Lipinski definition) is 3. The summed E-state index contributed by atoms with van der Waals surface area (Å²) in [4.78, 5) is 33.1. The molecule has 2 fully saturated rings.